The van der Waals surface area contributed by atoms with Crippen molar-refractivity contribution in [3.63, 3.8) is 0 Å². The Morgan fingerprint density at radius 3 is 2.17 bits per heavy atom. The Bertz CT molecular complexity index is 461. The second kappa shape index (κ2) is 12.3. The maximum atomic E-state index is 11.2. The molecular weight excluding hydrogens is 439 g/mol. The van der Waals surface area contributed by atoms with E-state index in [4.69, 9.17) is 0 Å². The fraction of sp³-hybridized carbons (Fsp3) is 0.938. The van der Waals surface area contributed by atoms with Gasteiger partial charge in [0.25, 0.3) is 0 Å². The summed E-state index contributed by atoms with van der Waals surface area (Å²) in [5, 5.41) is 6.43. The average Bonchev–Trinajstić information content (AvgIpc) is 2.73. The van der Waals surface area contributed by atoms with Gasteiger partial charge in [0, 0.05) is 32.4 Å². The van der Waals surface area contributed by atoms with Gasteiger partial charge in [0.1, 0.15) is 9.84 Å². The van der Waals surface area contributed by atoms with Gasteiger partial charge in [-0.3, -0.25) is 9.89 Å². The minimum absolute atomic E-state index is 0. The van der Waals surface area contributed by atoms with Crippen molar-refractivity contribution in [2.75, 3.05) is 45.2 Å². The van der Waals surface area contributed by atoms with Crippen LogP contribution in [0.15, 0.2) is 4.99 Å². The number of guanidine groups is 1. The lowest BCUT2D eigenvalue weighted by molar-refractivity contribution is 0.161. The highest BCUT2D eigenvalue weighted by Gasteiger charge is 2.22. The SMILES string of the molecule is CN=C(NCCS(C)(=O)=O)NCC(C(C)C)N1CCCCCC1.I. The van der Waals surface area contributed by atoms with Gasteiger partial charge < -0.3 is 10.6 Å². The zero-order valence-electron chi connectivity index (χ0n) is 15.5. The predicted molar refractivity (Wildman–Crippen MR) is 113 cm³/mol. The van der Waals surface area contributed by atoms with Gasteiger partial charge in [0.05, 0.1) is 5.75 Å². The fourth-order valence-electron chi connectivity index (χ4n) is 2.99. The van der Waals surface area contributed by atoms with E-state index in [-0.39, 0.29) is 29.7 Å². The van der Waals surface area contributed by atoms with E-state index in [0.29, 0.717) is 24.5 Å². The van der Waals surface area contributed by atoms with Crippen LogP contribution in [0.3, 0.4) is 0 Å². The fourth-order valence-corrected chi connectivity index (χ4v) is 3.46. The van der Waals surface area contributed by atoms with Crippen molar-refractivity contribution in [2.24, 2.45) is 10.9 Å². The monoisotopic (exact) mass is 474 g/mol. The average molecular weight is 474 g/mol. The normalized spacial score (nSPS) is 18.6. The van der Waals surface area contributed by atoms with Gasteiger partial charge >= 0.3 is 0 Å². The summed E-state index contributed by atoms with van der Waals surface area (Å²) in [5.41, 5.74) is 0. The topological polar surface area (TPSA) is 73.8 Å². The van der Waals surface area contributed by atoms with E-state index in [1.165, 1.54) is 45.0 Å². The molecule has 0 amide bonds. The van der Waals surface area contributed by atoms with Gasteiger partial charge in [-0.05, 0) is 31.8 Å². The van der Waals surface area contributed by atoms with Crippen molar-refractivity contribution in [3.05, 3.63) is 0 Å². The van der Waals surface area contributed by atoms with Crippen molar-refractivity contribution in [2.45, 2.75) is 45.6 Å². The molecule has 0 aliphatic carbocycles. The molecule has 1 fully saturated rings. The zero-order chi connectivity index (χ0) is 17.3. The number of likely N-dealkylation sites (tertiary alicyclic amines) is 1. The van der Waals surface area contributed by atoms with Crippen molar-refractivity contribution < 1.29 is 8.42 Å². The molecule has 8 heteroatoms. The first-order valence-electron chi connectivity index (χ1n) is 8.70. The minimum atomic E-state index is -2.95. The molecule has 0 bridgehead atoms. The molecule has 1 rings (SSSR count). The lowest BCUT2D eigenvalue weighted by Gasteiger charge is -2.34. The van der Waals surface area contributed by atoms with Gasteiger partial charge in [0.2, 0.25) is 0 Å². The summed E-state index contributed by atoms with van der Waals surface area (Å²) in [7, 11) is -1.23. The minimum Gasteiger partial charge on any atom is -0.355 e. The third kappa shape index (κ3) is 10.0. The molecule has 24 heavy (non-hydrogen) atoms. The van der Waals surface area contributed by atoms with E-state index in [9.17, 15) is 8.42 Å². The lowest BCUT2D eigenvalue weighted by Crippen LogP contribution is -2.50. The standard InChI is InChI=1S/C16H34N4O2S.HI/c1-14(2)15(20-10-7-5-6-8-11-20)13-19-16(17-3)18-9-12-23(4,21)22;/h14-15H,5-13H2,1-4H3,(H2,17,18,19);1H. The Hall–Kier alpha value is -0.0900. The molecule has 0 radical (unpaired) electrons. The first kappa shape index (κ1) is 23.9. The molecule has 0 saturated carbocycles. The van der Waals surface area contributed by atoms with Crippen LogP contribution in [0.4, 0.5) is 0 Å². The highest BCUT2D eigenvalue weighted by Crippen LogP contribution is 2.16. The van der Waals surface area contributed by atoms with Crippen LogP contribution in [-0.2, 0) is 9.84 Å². The largest absolute Gasteiger partial charge is 0.355 e. The van der Waals surface area contributed by atoms with Gasteiger partial charge in [-0.1, -0.05) is 26.7 Å². The van der Waals surface area contributed by atoms with Crippen LogP contribution in [-0.4, -0.2) is 70.6 Å². The van der Waals surface area contributed by atoms with Crippen LogP contribution in [0.1, 0.15) is 39.5 Å². The van der Waals surface area contributed by atoms with Crippen molar-refractivity contribution in [1.82, 2.24) is 15.5 Å². The Labute approximate surface area is 165 Å². The first-order chi connectivity index (χ1) is 10.8. The second-order valence-corrected chi connectivity index (χ2v) is 9.03. The zero-order valence-corrected chi connectivity index (χ0v) is 18.7. The molecular formula is C16H35IN4O2S. The van der Waals surface area contributed by atoms with Gasteiger partial charge in [-0.25, -0.2) is 8.42 Å². The van der Waals surface area contributed by atoms with Gasteiger partial charge in [0.15, 0.2) is 5.96 Å². The maximum Gasteiger partial charge on any atom is 0.191 e. The van der Waals surface area contributed by atoms with Crippen LogP contribution < -0.4 is 10.6 Å². The van der Waals surface area contributed by atoms with E-state index >= 15 is 0 Å². The second-order valence-electron chi connectivity index (χ2n) is 6.77. The maximum absolute atomic E-state index is 11.2. The molecule has 0 aromatic heterocycles. The Kier molecular flexibility index (Phi) is 12.2. The highest BCUT2D eigenvalue weighted by atomic mass is 127. The number of nitrogens with one attached hydrogen (secondary N) is 2. The van der Waals surface area contributed by atoms with Crippen molar-refractivity contribution in [3.8, 4) is 0 Å². The number of nitrogens with zero attached hydrogens (tertiary/aromatic N) is 2. The van der Waals surface area contributed by atoms with E-state index in [2.05, 4.69) is 34.4 Å². The van der Waals surface area contributed by atoms with E-state index < -0.39 is 9.84 Å². The third-order valence-electron chi connectivity index (χ3n) is 4.35. The van der Waals surface area contributed by atoms with E-state index in [0.717, 1.165) is 6.54 Å². The summed E-state index contributed by atoms with van der Waals surface area (Å²) in [5.74, 6) is 1.36. The molecule has 0 spiro atoms. The predicted octanol–water partition coefficient (Wildman–Crippen LogP) is 1.71. The first-order valence-corrected chi connectivity index (χ1v) is 10.8. The Morgan fingerprint density at radius 1 is 1.12 bits per heavy atom. The molecule has 1 saturated heterocycles. The quantitative estimate of drug-likeness (QED) is 0.334. The number of hydrogen-bond acceptors (Lipinski definition) is 4. The van der Waals surface area contributed by atoms with Crippen LogP contribution >= 0.6 is 24.0 Å². The lowest BCUT2D eigenvalue weighted by atomic mass is 10.0. The Morgan fingerprint density at radius 2 is 1.71 bits per heavy atom. The summed E-state index contributed by atoms with van der Waals surface area (Å²) < 4.78 is 22.4. The molecule has 144 valence electrons. The van der Waals surface area contributed by atoms with Crippen LogP contribution in [0, 0.1) is 5.92 Å². The molecule has 6 nitrogen and oxygen atoms in total. The molecule has 1 aliphatic heterocycles. The van der Waals surface area contributed by atoms with Gasteiger partial charge in [-0.2, -0.15) is 0 Å². The third-order valence-corrected chi connectivity index (χ3v) is 5.29. The number of rotatable bonds is 7. The molecule has 0 aromatic rings. The summed E-state index contributed by atoms with van der Waals surface area (Å²) in [6.07, 6.45) is 6.49. The molecule has 0 aromatic carbocycles. The van der Waals surface area contributed by atoms with Crippen molar-refractivity contribution in [1.29, 1.82) is 0 Å². The summed E-state index contributed by atoms with van der Waals surface area (Å²) in [6, 6.07) is 0.474. The number of sulfone groups is 1. The summed E-state index contributed by atoms with van der Waals surface area (Å²) in [6.45, 7) is 8.08. The van der Waals surface area contributed by atoms with Crippen LogP contribution in [0.2, 0.25) is 0 Å². The number of hydrogen-bond donors (Lipinski definition) is 2. The van der Waals surface area contributed by atoms with E-state index in [1.807, 2.05) is 0 Å². The highest BCUT2D eigenvalue weighted by molar-refractivity contribution is 14.0. The molecule has 2 N–H and O–H groups in total. The molecule has 1 unspecified atom stereocenters. The molecule has 1 heterocycles. The summed E-state index contributed by atoms with van der Waals surface area (Å²) >= 11 is 0. The Balaban J connectivity index is 0.00000529. The summed E-state index contributed by atoms with van der Waals surface area (Å²) in [4.78, 5) is 6.78. The number of aliphatic imine (C=N–C) groups is 1. The molecule has 1 aliphatic rings. The van der Waals surface area contributed by atoms with Crippen LogP contribution in [0.5, 0.6) is 0 Å². The van der Waals surface area contributed by atoms with Crippen LogP contribution in [0.25, 0.3) is 0 Å². The molecule has 1 atom stereocenters. The van der Waals surface area contributed by atoms with E-state index in [1.54, 1.807) is 7.05 Å². The smallest absolute Gasteiger partial charge is 0.191 e. The van der Waals surface area contributed by atoms with Gasteiger partial charge in [-0.15, -0.1) is 24.0 Å². The number of halogens is 1. The van der Waals surface area contributed by atoms with Crippen molar-refractivity contribution >= 4 is 39.8 Å².